The summed E-state index contributed by atoms with van der Waals surface area (Å²) < 4.78 is 5.09. The molecule has 0 aromatic heterocycles. The van der Waals surface area contributed by atoms with Gasteiger partial charge in [-0.2, -0.15) is 0 Å². The van der Waals surface area contributed by atoms with Crippen LogP contribution in [0.4, 0.5) is 5.69 Å². The lowest BCUT2D eigenvalue weighted by Crippen LogP contribution is -2.24. The van der Waals surface area contributed by atoms with Crippen LogP contribution in [0.25, 0.3) is 0 Å². The van der Waals surface area contributed by atoms with Gasteiger partial charge in [-0.25, -0.2) is 0 Å². The second-order valence-electron chi connectivity index (χ2n) is 5.72. The predicted octanol–water partition coefficient (Wildman–Crippen LogP) is 2.24. The van der Waals surface area contributed by atoms with Crippen LogP contribution in [0.15, 0.2) is 42.5 Å². The highest BCUT2D eigenvalue weighted by atomic mass is 16.6. The molecule has 26 heavy (non-hydrogen) atoms. The molecule has 0 aliphatic heterocycles. The molecule has 2 aromatic carbocycles. The zero-order valence-electron chi connectivity index (χ0n) is 14.7. The molecule has 2 rings (SSSR count). The summed E-state index contributed by atoms with van der Waals surface area (Å²) in [6.45, 7) is 0.209. The monoisotopic (exact) mass is 357 g/mol. The first-order valence-corrected chi connectivity index (χ1v) is 7.74. The van der Waals surface area contributed by atoms with Gasteiger partial charge in [-0.05, 0) is 23.8 Å². The summed E-state index contributed by atoms with van der Waals surface area (Å²) in [5.41, 5.74) is 1.23. The lowest BCUT2D eigenvalue weighted by molar-refractivity contribution is -0.384. The Morgan fingerprint density at radius 1 is 1.15 bits per heavy atom. The van der Waals surface area contributed by atoms with Gasteiger partial charge in [-0.15, -0.1) is 0 Å². The fourth-order valence-corrected chi connectivity index (χ4v) is 2.29. The van der Waals surface area contributed by atoms with E-state index in [1.165, 1.54) is 30.2 Å². The number of rotatable bonds is 6. The number of hydrogen-bond acceptors (Lipinski definition) is 5. The fraction of sp³-hybridized carbons (Fsp3) is 0.222. The van der Waals surface area contributed by atoms with Gasteiger partial charge in [0.1, 0.15) is 5.75 Å². The van der Waals surface area contributed by atoms with Crippen molar-refractivity contribution >= 4 is 17.5 Å². The second kappa shape index (κ2) is 8.11. The number of methoxy groups -OCH3 is 1. The zero-order valence-corrected chi connectivity index (χ0v) is 14.7. The highest BCUT2D eigenvalue weighted by Gasteiger charge is 2.17. The number of benzene rings is 2. The van der Waals surface area contributed by atoms with E-state index in [2.05, 4.69) is 5.32 Å². The van der Waals surface area contributed by atoms with Crippen LogP contribution < -0.4 is 10.1 Å². The lowest BCUT2D eigenvalue weighted by atomic mass is 10.1. The molecule has 1 N–H and O–H groups in total. The van der Waals surface area contributed by atoms with Gasteiger partial charge >= 0.3 is 0 Å². The standard InChI is InChI=1S/C18H19N3O5/c1-20(2)18(23)13-6-4-12(5-7-13)11-19-17(22)15-10-14(21(24)25)8-9-16(15)26-3/h4-10H,11H2,1-3H3,(H,19,22). The fourth-order valence-electron chi connectivity index (χ4n) is 2.29. The summed E-state index contributed by atoms with van der Waals surface area (Å²) in [6, 6.07) is 10.7. The van der Waals surface area contributed by atoms with Gasteiger partial charge in [0.2, 0.25) is 0 Å². The molecule has 2 aromatic rings. The summed E-state index contributed by atoms with van der Waals surface area (Å²) in [6.07, 6.45) is 0. The molecule has 0 aliphatic rings. The Morgan fingerprint density at radius 3 is 2.35 bits per heavy atom. The van der Waals surface area contributed by atoms with Gasteiger partial charge < -0.3 is 15.0 Å². The number of carbonyl (C=O) groups is 2. The van der Waals surface area contributed by atoms with Crippen LogP contribution >= 0.6 is 0 Å². The largest absolute Gasteiger partial charge is 0.496 e. The van der Waals surface area contributed by atoms with Gasteiger partial charge in [0.05, 0.1) is 17.6 Å². The van der Waals surface area contributed by atoms with E-state index >= 15 is 0 Å². The summed E-state index contributed by atoms with van der Waals surface area (Å²) in [5.74, 6) is -0.346. The van der Waals surface area contributed by atoms with Crippen molar-refractivity contribution in [2.75, 3.05) is 21.2 Å². The maximum atomic E-state index is 12.4. The Balaban J connectivity index is 2.10. The highest BCUT2D eigenvalue weighted by molar-refractivity contribution is 5.97. The number of nitrogens with one attached hydrogen (secondary N) is 1. The Kier molecular flexibility index (Phi) is 5.90. The lowest BCUT2D eigenvalue weighted by Gasteiger charge is -2.11. The third-order valence-corrected chi connectivity index (χ3v) is 3.70. The molecule has 0 bridgehead atoms. The molecule has 8 heteroatoms. The van der Waals surface area contributed by atoms with E-state index in [0.29, 0.717) is 5.56 Å². The van der Waals surface area contributed by atoms with Crippen LogP contribution in [0, 0.1) is 10.1 Å². The number of amides is 2. The van der Waals surface area contributed by atoms with Crippen molar-refractivity contribution in [3.63, 3.8) is 0 Å². The minimum atomic E-state index is -0.573. The third kappa shape index (κ3) is 4.35. The van der Waals surface area contributed by atoms with Crippen LogP contribution in [0.2, 0.25) is 0 Å². The summed E-state index contributed by atoms with van der Waals surface area (Å²) >= 11 is 0. The van der Waals surface area contributed by atoms with E-state index in [9.17, 15) is 19.7 Å². The average Bonchev–Trinajstić information content (AvgIpc) is 2.65. The van der Waals surface area contributed by atoms with Crippen molar-refractivity contribution in [1.29, 1.82) is 0 Å². The molecule has 0 atom stereocenters. The van der Waals surface area contributed by atoms with E-state index in [0.717, 1.165) is 5.56 Å². The normalized spacial score (nSPS) is 10.1. The van der Waals surface area contributed by atoms with Crippen molar-refractivity contribution in [1.82, 2.24) is 10.2 Å². The van der Waals surface area contributed by atoms with E-state index in [1.807, 2.05) is 0 Å². The average molecular weight is 357 g/mol. The van der Waals surface area contributed by atoms with E-state index in [4.69, 9.17) is 4.74 Å². The molecule has 2 amide bonds. The Hall–Kier alpha value is -3.42. The molecule has 0 heterocycles. The van der Waals surface area contributed by atoms with Crippen molar-refractivity contribution in [3.05, 3.63) is 69.3 Å². The minimum Gasteiger partial charge on any atom is -0.496 e. The number of hydrogen-bond donors (Lipinski definition) is 1. The molecule has 0 radical (unpaired) electrons. The number of nitrogens with zero attached hydrogens (tertiary/aromatic N) is 2. The first-order chi connectivity index (χ1) is 12.3. The number of nitro benzene ring substituents is 1. The molecule has 0 spiro atoms. The molecule has 0 fully saturated rings. The molecular formula is C18H19N3O5. The van der Waals surface area contributed by atoms with Crippen LogP contribution in [-0.4, -0.2) is 42.8 Å². The van der Waals surface area contributed by atoms with Crippen LogP contribution in [-0.2, 0) is 6.54 Å². The summed E-state index contributed by atoms with van der Waals surface area (Å²) in [7, 11) is 4.73. The van der Waals surface area contributed by atoms with Gasteiger partial charge in [-0.3, -0.25) is 19.7 Å². The highest BCUT2D eigenvalue weighted by Crippen LogP contribution is 2.24. The van der Waals surface area contributed by atoms with Gasteiger partial charge in [0.15, 0.2) is 0 Å². The van der Waals surface area contributed by atoms with Crippen molar-refractivity contribution in [2.45, 2.75) is 6.54 Å². The maximum absolute atomic E-state index is 12.4. The SMILES string of the molecule is COc1ccc([N+](=O)[O-])cc1C(=O)NCc1ccc(C(=O)N(C)C)cc1. The Bertz CT molecular complexity index is 831. The van der Waals surface area contributed by atoms with E-state index in [-0.39, 0.29) is 29.5 Å². The maximum Gasteiger partial charge on any atom is 0.270 e. The number of non-ortho nitro benzene ring substituents is 1. The van der Waals surface area contributed by atoms with Crippen LogP contribution in [0.5, 0.6) is 5.75 Å². The molecule has 0 aliphatic carbocycles. The molecule has 8 nitrogen and oxygen atoms in total. The zero-order chi connectivity index (χ0) is 19.3. The van der Waals surface area contributed by atoms with Crippen LogP contribution in [0.1, 0.15) is 26.3 Å². The van der Waals surface area contributed by atoms with E-state index < -0.39 is 10.8 Å². The molecule has 0 saturated carbocycles. The summed E-state index contributed by atoms with van der Waals surface area (Å²) in [4.78, 5) is 36.0. The van der Waals surface area contributed by atoms with Gasteiger partial charge in [0.25, 0.3) is 17.5 Å². The van der Waals surface area contributed by atoms with Gasteiger partial charge in [-0.1, -0.05) is 12.1 Å². The van der Waals surface area contributed by atoms with E-state index in [1.54, 1.807) is 38.4 Å². The molecule has 136 valence electrons. The number of nitro groups is 1. The van der Waals surface area contributed by atoms with Crippen molar-refractivity contribution in [3.8, 4) is 5.75 Å². The van der Waals surface area contributed by atoms with Crippen LogP contribution in [0.3, 0.4) is 0 Å². The first kappa shape index (κ1) is 18.9. The van der Waals surface area contributed by atoms with Crippen molar-refractivity contribution in [2.24, 2.45) is 0 Å². The molecule has 0 unspecified atom stereocenters. The smallest absolute Gasteiger partial charge is 0.270 e. The van der Waals surface area contributed by atoms with Gasteiger partial charge in [0, 0.05) is 38.3 Å². The van der Waals surface area contributed by atoms with Crippen molar-refractivity contribution < 1.29 is 19.2 Å². The predicted molar refractivity (Wildman–Crippen MR) is 95.3 cm³/mol. The molecular weight excluding hydrogens is 338 g/mol. The molecule has 0 saturated heterocycles. The Labute approximate surface area is 150 Å². The topological polar surface area (TPSA) is 102 Å². The number of ether oxygens (including phenoxy) is 1. The number of carbonyl (C=O) groups excluding carboxylic acids is 2. The quantitative estimate of drug-likeness (QED) is 0.631. The Morgan fingerprint density at radius 2 is 1.81 bits per heavy atom. The second-order valence-corrected chi connectivity index (χ2v) is 5.72. The third-order valence-electron chi connectivity index (χ3n) is 3.70. The first-order valence-electron chi connectivity index (χ1n) is 7.74. The minimum absolute atomic E-state index is 0.0844. The summed E-state index contributed by atoms with van der Waals surface area (Å²) in [5, 5.41) is 13.6.